The van der Waals surface area contributed by atoms with Crippen LogP contribution in [-0.2, 0) is 0 Å². The van der Waals surface area contributed by atoms with Gasteiger partial charge in [0.2, 0.25) is 5.82 Å². The quantitative estimate of drug-likeness (QED) is 0.375. The molecule has 0 aliphatic rings. The molecule has 110 valence electrons. The number of nitrogen functional groups attached to an aromatic ring is 1. The van der Waals surface area contributed by atoms with Crippen molar-refractivity contribution in [2.75, 3.05) is 5.43 Å². The predicted octanol–water partition coefficient (Wildman–Crippen LogP) is 3.71. The highest BCUT2D eigenvalue weighted by atomic mass is 79.9. The number of nitro benzene ring substituents is 1. The lowest BCUT2D eigenvalue weighted by atomic mass is 10.2. The molecule has 0 aliphatic carbocycles. The summed E-state index contributed by atoms with van der Waals surface area (Å²) in [6.07, 6.45) is 0. The van der Waals surface area contributed by atoms with E-state index < -0.39 is 22.3 Å². The van der Waals surface area contributed by atoms with E-state index in [0.717, 1.165) is 12.1 Å². The van der Waals surface area contributed by atoms with Crippen molar-refractivity contribution in [3.05, 3.63) is 56.6 Å². The number of hydrogen-bond acceptors (Lipinski definition) is 5. The molecular formula is C12H8BrF2N3O3. The second-order valence-corrected chi connectivity index (χ2v) is 4.83. The van der Waals surface area contributed by atoms with Gasteiger partial charge in [-0.05, 0) is 12.1 Å². The average molecular weight is 360 g/mol. The van der Waals surface area contributed by atoms with E-state index in [1.165, 1.54) is 18.2 Å². The molecule has 0 bridgehead atoms. The molecule has 2 rings (SSSR count). The number of nitrogens with zero attached hydrogens (tertiary/aromatic N) is 1. The third-order valence-electron chi connectivity index (χ3n) is 2.46. The maximum absolute atomic E-state index is 13.6. The van der Waals surface area contributed by atoms with Crippen LogP contribution < -0.4 is 16.0 Å². The number of hydrogen-bond donors (Lipinski definition) is 2. The van der Waals surface area contributed by atoms with Crippen molar-refractivity contribution in [1.82, 2.24) is 0 Å². The third kappa shape index (κ3) is 3.44. The van der Waals surface area contributed by atoms with E-state index in [4.69, 9.17) is 10.6 Å². The number of halogens is 3. The number of nitrogens with two attached hydrogens (primary N) is 1. The van der Waals surface area contributed by atoms with Gasteiger partial charge in [-0.25, -0.2) is 4.39 Å². The standard InChI is InChI=1S/C12H8BrF2N3O3/c13-6-1-10(14)12(15)11(2-6)21-9-4-7(17-16)3-8(5-9)18(19)20/h1-5,17H,16H2. The van der Waals surface area contributed by atoms with Gasteiger partial charge in [0.1, 0.15) is 5.75 Å². The molecule has 0 aromatic heterocycles. The fourth-order valence-electron chi connectivity index (χ4n) is 1.56. The lowest BCUT2D eigenvalue weighted by molar-refractivity contribution is -0.384. The molecule has 2 aromatic rings. The monoisotopic (exact) mass is 359 g/mol. The fourth-order valence-corrected chi connectivity index (χ4v) is 1.97. The number of ether oxygens (including phenoxy) is 1. The van der Waals surface area contributed by atoms with Crippen molar-refractivity contribution in [2.45, 2.75) is 0 Å². The van der Waals surface area contributed by atoms with Gasteiger partial charge in [-0.15, -0.1) is 0 Å². The van der Waals surface area contributed by atoms with E-state index in [-0.39, 0.29) is 21.6 Å². The first-order chi connectivity index (χ1) is 9.90. The van der Waals surface area contributed by atoms with E-state index in [1.807, 2.05) is 0 Å². The smallest absolute Gasteiger partial charge is 0.275 e. The molecule has 0 heterocycles. The van der Waals surface area contributed by atoms with E-state index >= 15 is 0 Å². The maximum Gasteiger partial charge on any atom is 0.275 e. The Hall–Kier alpha value is -2.26. The number of nitro groups is 1. The third-order valence-corrected chi connectivity index (χ3v) is 2.91. The van der Waals surface area contributed by atoms with Crippen LogP contribution in [0.3, 0.4) is 0 Å². The van der Waals surface area contributed by atoms with Crippen molar-refractivity contribution in [3.8, 4) is 11.5 Å². The molecule has 2 aromatic carbocycles. The van der Waals surface area contributed by atoms with E-state index in [9.17, 15) is 18.9 Å². The Morgan fingerprint density at radius 2 is 1.95 bits per heavy atom. The van der Waals surface area contributed by atoms with Gasteiger partial charge < -0.3 is 10.2 Å². The second kappa shape index (κ2) is 6.02. The van der Waals surface area contributed by atoms with Crippen molar-refractivity contribution in [2.24, 2.45) is 5.84 Å². The number of non-ortho nitro benzene ring substituents is 1. The van der Waals surface area contributed by atoms with Gasteiger partial charge in [0.25, 0.3) is 5.69 Å². The lowest BCUT2D eigenvalue weighted by Gasteiger charge is -2.09. The molecule has 0 aliphatic heterocycles. The molecule has 0 radical (unpaired) electrons. The average Bonchev–Trinajstić information content (AvgIpc) is 2.43. The fraction of sp³-hybridized carbons (Fsp3) is 0. The molecule has 0 saturated carbocycles. The number of anilines is 1. The van der Waals surface area contributed by atoms with Crippen LogP contribution in [0.1, 0.15) is 0 Å². The first-order valence-corrected chi connectivity index (χ1v) is 6.28. The van der Waals surface area contributed by atoms with Gasteiger partial charge >= 0.3 is 0 Å². The van der Waals surface area contributed by atoms with Gasteiger partial charge in [-0.2, -0.15) is 4.39 Å². The summed E-state index contributed by atoms with van der Waals surface area (Å²) in [5.41, 5.74) is 2.11. The van der Waals surface area contributed by atoms with Crippen molar-refractivity contribution < 1.29 is 18.4 Å². The second-order valence-electron chi connectivity index (χ2n) is 3.92. The van der Waals surface area contributed by atoms with E-state index in [1.54, 1.807) is 0 Å². The minimum absolute atomic E-state index is 0.0615. The van der Waals surface area contributed by atoms with Crippen LogP contribution in [0.5, 0.6) is 11.5 Å². The zero-order valence-corrected chi connectivity index (χ0v) is 11.9. The summed E-state index contributed by atoms with van der Waals surface area (Å²) in [4.78, 5) is 10.1. The summed E-state index contributed by atoms with van der Waals surface area (Å²) >= 11 is 3.00. The molecule has 0 spiro atoms. The van der Waals surface area contributed by atoms with Crippen LogP contribution in [0, 0.1) is 21.7 Å². The number of hydrazine groups is 1. The summed E-state index contributed by atoms with van der Waals surface area (Å²) in [7, 11) is 0. The predicted molar refractivity (Wildman–Crippen MR) is 75.0 cm³/mol. The molecule has 0 amide bonds. The Morgan fingerprint density at radius 1 is 1.24 bits per heavy atom. The van der Waals surface area contributed by atoms with Crippen LogP contribution in [0.25, 0.3) is 0 Å². The van der Waals surface area contributed by atoms with Gasteiger partial charge in [-0.1, -0.05) is 15.9 Å². The maximum atomic E-state index is 13.6. The first kappa shape index (κ1) is 15.1. The normalized spacial score (nSPS) is 10.3. The molecule has 0 saturated heterocycles. The minimum Gasteiger partial charge on any atom is -0.454 e. The number of nitrogens with one attached hydrogen (secondary N) is 1. The zero-order valence-electron chi connectivity index (χ0n) is 10.3. The number of rotatable bonds is 4. The van der Waals surface area contributed by atoms with Crippen molar-refractivity contribution >= 4 is 27.3 Å². The lowest BCUT2D eigenvalue weighted by Crippen LogP contribution is -2.07. The molecule has 0 fully saturated rings. The van der Waals surface area contributed by atoms with Gasteiger partial charge in [0.15, 0.2) is 11.6 Å². The summed E-state index contributed by atoms with van der Waals surface area (Å²) in [5, 5.41) is 10.8. The molecule has 6 nitrogen and oxygen atoms in total. The van der Waals surface area contributed by atoms with Crippen LogP contribution in [0.4, 0.5) is 20.2 Å². The zero-order chi connectivity index (χ0) is 15.6. The molecule has 9 heteroatoms. The number of benzene rings is 2. The Balaban J connectivity index is 2.44. The summed E-state index contributed by atoms with van der Waals surface area (Å²) in [5.74, 6) is 2.41. The largest absolute Gasteiger partial charge is 0.454 e. The summed E-state index contributed by atoms with van der Waals surface area (Å²) in [6.45, 7) is 0. The molecule has 21 heavy (non-hydrogen) atoms. The highest BCUT2D eigenvalue weighted by molar-refractivity contribution is 9.10. The summed E-state index contributed by atoms with van der Waals surface area (Å²) in [6, 6.07) is 5.68. The van der Waals surface area contributed by atoms with Gasteiger partial charge in [0.05, 0.1) is 16.7 Å². The van der Waals surface area contributed by atoms with Gasteiger partial charge in [-0.3, -0.25) is 16.0 Å². The Bertz CT molecular complexity index is 712. The van der Waals surface area contributed by atoms with Crippen molar-refractivity contribution in [3.63, 3.8) is 0 Å². The van der Waals surface area contributed by atoms with Crippen LogP contribution in [0.15, 0.2) is 34.8 Å². The van der Waals surface area contributed by atoms with Crippen LogP contribution in [-0.4, -0.2) is 4.92 Å². The summed E-state index contributed by atoms with van der Waals surface area (Å²) < 4.78 is 32.3. The highest BCUT2D eigenvalue weighted by Gasteiger charge is 2.15. The molecule has 3 N–H and O–H groups in total. The first-order valence-electron chi connectivity index (χ1n) is 5.49. The van der Waals surface area contributed by atoms with E-state index in [0.29, 0.717) is 0 Å². The Morgan fingerprint density at radius 3 is 2.57 bits per heavy atom. The van der Waals surface area contributed by atoms with Crippen LogP contribution >= 0.6 is 15.9 Å². The molecular weight excluding hydrogens is 352 g/mol. The Labute approximate surface area is 125 Å². The molecule has 0 atom stereocenters. The minimum atomic E-state index is -1.20. The molecule has 0 unspecified atom stereocenters. The Kier molecular flexibility index (Phi) is 4.34. The van der Waals surface area contributed by atoms with Crippen LogP contribution in [0.2, 0.25) is 0 Å². The highest BCUT2D eigenvalue weighted by Crippen LogP contribution is 2.33. The van der Waals surface area contributed by atoms with E-state index in [2.05, 4.69) is 21.4 Å². The topological polar surface area (TPSA) is 90.4 Å². The van der Waals surface area contributed by atoms with Crippen molar-refractivity contribution in [1.29, 1.82) is 0 Å². The van der Waals surface area contributed by atoms with Gasteiger partial charge in [0, 0.05) is 16.6 Å². The SMILES string of the molecule is NNc1cc(Oc2cc(Br)cc(F)c2F)cc([N+](=O)[O-])c1.